The molecule has 0 aliphatic carbocycles. The van der Waals surface area contributed by atoms with Crippen molar-refractivity contribution in [1.29, 1.82) is 0 Å². The van der Waals surface area contributed by atoms with E-state index in [0.717, 1.165) is 10.0 Å². The first-order chi connectivity index (χ1) is 5.24. The Kier molecular flexibility index (Phi) is 2.92. The van der Waals surface area contributed by atoms with E-state index in [0.29, 0.717) is 6.61 Å². The van der Waals surface area contributed by atoms with Crippen LogP contribution in [0, 0.1) is 0 Å². The van der Waals surface area contributed by atoms with Crippen molar-refractivity contribution >= 4 is 11.3 Å². The topological polar surface area (TPSA) is 61.0 Å². The number of hydrogen-bond donors (Lipinski definition) is 1. The van der Waals surface area contributed by atoms with Gasteiger partial charge in [0.15, 0.2) is 0 Å². The van der Waals surface area contributed by atoms with Crippen LogP contribution >= 0.6 is 11.3 Å². The normalized spacial score (nSPS) is 13.4. The quantitative estimate of drug-likeness (QED) is 0.731. The summed E-state index contributed by atoms with van der Waals surface area (Å²) in [4.78, 5) is 0. The second kappa shape index (κ2) is 3.75. The van der Waals surface area contributed by atoms with Crippen molar-refractivity contribution in [1.82, 2.24) is 10.2 Å². The number of hydrogen-bond acceptors (Lipinski definition) is 5. The highest BCUT2D eigenvalue weighted by Crippen LogP contribution is 2.15. The second-order valence-electron chi connectivity index (χ2n) is 2.26. The number of nitrogens with two attached hydrogens (primary N) is 1. The lowest BCUT2D eigenvalue weighted by Gasteiger charge is -1.94. The molecule has 1 aromatic heterocycles. The molecule has 0 bridgehead atoms. The zero-order chi connectivity index (χ0) is 8.27. The van der Waals surface area contributed by atoms with Crippen LogP contribution in [0.3, 0.4) is 0 Å². The van der Waals surface area contributed by atoms with Crippen molar-refractivity contribution in [2.75, 3.05) is 7.11 Å². The molecular formula is C6H11N3OS. The van der Waals surface area contributed by atoms with Crippen LogP contribution in [0.4, 0.5) is 0 Å². The van der Waals surface area contributed by atoms with Gasteiger partial charge in [-0.3, -0.25) is 0 Å². The SMILES string of the molecule is COCc1nnc(C(C)N)s1. The van der Waals surface area contributed by atoms with Crippen molar-refractivity contribution in [3.05, 3.63) is 10.0 Å². The molecule has 0 fully saturated rings. The minimum atomic E-state index is -0.0295. The van der Waals surface area contributed by atoms with Crippen LogP contribution < -0.4 is 5.73 Å². The van der Waals surface area contributed by atoms with Crippen LogP contribution in [0.25, 0.3) is 0 Å². The summed E-state index contributed by atoms with van der Waals surface area (Å²) in [5, 5.41) is 9.52. The molecule has 11 heavy (non-hydrogen) atoms. The van der Waals surface area contributed by atoms with Crippen LogP contribution in [-0.4, -0.2) is 17.3 Å². The Morgan fingerprint density at radius 1 is 1.64 bits per heavy atom. The fourth-order valence-electron chi connectivity index (χ4n) is 0.632. The Morgan fingerprint density at radius 2 is 2.36 bits per heavy atom. The van der Waals surface area contributed by atoms with Crippen LogP contribution in [0.2, 0.25) is 0 Å². The Hall–Kier alpha value is -0.520. The average molecular weight is 173 g/mol. The molecule has 0 aliphatic heterocycles. The van der Waals surface area contributed by atoms with E-state index in [4.69, 9.17) is 10.5 Å². The second-order valence-corrected chi connectivity index (χ2v) is 3.35. The molecule has 1 unspecified atom stereocenters. The molecule has 0 aliphatic rings. The van der Waals surface area contributed by atoms with Gasteiger partial charge in [-0.25, -0.2) is 0 Å². The first-order valence-electron chi connectivity index (χ1n) is 3.31. The third-order valence-electron chi connectivity index (χ3n) is 1.14. The fraction of sp³-hybridized carbons (Fsp3) is 0.667. The lowest BCUT2D eigenvalue weighted by atomic mass is 10.4. The molecule has 1 rings (SSSR count). The minimum absolute atomic E-state index is 0.0295. The zero-order valence-electron chi connectivity index (χ0n) is 6.57. The number of methoxy groups -OCH3 is 1. The summed E-state index contributed by atoms with van der Waals surface area (Å²) < 4.78 is 4.89. The number of ether oxygens (including phenoxy) is 1. The molecule has 0 radical (unpaired) electrons. The largest absolute Gasteiger partial charge is 0.377 e. The maximum absolute atomic E-state index is 5.59. The number of rotatable bonds is 3. The van der Waals surface area contributed by atoms with Gasteiger partial charge in [-0.1, -0.05) is 11.3 Å². The van der Waals surface area contributed by atoms with Crippen molar-refractivity contribution in [3.8, 4) is 0 Å². The smallest absolute Gasteiger partial charge is 0.143 e. The van der Waals surface area contributed by atoms with Gasteiger partial charge in [0.2, 0.25) is 0 Å². The maximum atomic E-state index is 5.59. The van der Waals surface area contributed by atoms with Crippen molar-refractivity contribution < 1.29 is 4.74 Å². The molecule has 1 aromatic rings. The molecule has 4 nitrogen and oxygen atoms in total. The standard InChI is InChI=1S/C6H11N3OS/c1-4(7)6-9-8-5(11-6)3-10-2/h4H,3,7H2,1-2H3. The molecule has 0 amide bonds. The molecule has 1 heterocycles. The summed E-state index contributed by atoms with van der Waals surface area (Å²) in [6.07, 6.45) is 0. The summed E-state index contributed by atoms with van der Waals surface area (Å²) in [6.45, 7) is 2.40. The Bertz CT molecular complexity index is 223. The molecule has 0 saturated heterocycles. The van der Waals surface area contributed by atoms with E-state index in [1.165, 1.54) is 11.3 Å². The first-order valence-corrected chi connectivity index (χ1v) is 4.12. The van der Waals surface area contributed by atoms with E-state index in [2.05, 4.69) is 10.2 Å². The highest BCUT2D eigenvalue weighted by molar-refractivity contribution is 7.11. The molecule has 0 spiro atoms. The molecule has 2 N–H and O–H groups in total. The highest BCUT2D eigenvalue weighted by Gasteiger charge is 2.06. The van der Waals surface area contributed by atoms with Gasteiger partial charge in [0.25, 0.3) is 0 Å². The highest BCUT2D eigenvalue weighted by atomic mass is 32.1. The van der Waals surface area contributed by atoms with Crippen LogP contribution in [-0.2, 0) is 11.3 Å². The summed E-state index contributed by atoms with van der Waals surface area (Å²) >= 11 is 1.49. The van der Waals surface area contributed by atoms with Gasteiger partial charge >= 0.3 is 0 Å². The Morgan fingerprint density at radius 3 is 2.82 bits per heavy atom. The predicted octanol–water partition coefficient (Wildman–Crippen LogP) is 0.704. The van der Waals surface area contributed by atoms with E-state index in [-0.39, 0.29) is 6.04 Å². The average Bonchev–Trinajstić information content (AvgIpc) is 2.37. The number of nitrogens with zero attached hydrogens (tertiary/aromatic N) is 2. The van der Waals surface area contributed by atoms with Crippen molar-refractivity contribution in [3.63, 3.8) is 0 Å². The van der Waals surface area contributed by atoms with Gasteiger partial charge in [0.05, 0.1) is 12.6 Å². The Labute approximate surface area is 69.4 Å². The van der Waals surface area contributed by atoms with Gasteiger partial charge in [0.1, 0.15) is 10.0 Å². The van der Waals surface area contributed by atoms with E-state index >= 15 is 0 Å². The van der Waals surface area contributed by atoms with Crippen molar-refractivity contribution in [2.45, 2.75) is 19.6 Å². The Balaban J connectivity index is 2.66. The first kappa shape index (κ1) is 8.58. The third-order valence-corrected chi connectivity index (χ3v) is 2.24. The molecule has 5 heteroatoms. The molecule has 0 saturated carbocycles. The van der Waals surface area contributed by atoms with E-state index < -0.39 is 0 Å². The number of aromatic nitrogens is 2. The molecule has 1 atom stereocenters. The minimum Gasteiger partial charge on any atom is -0.377 e. The molecule has 62 valence electrons. The van der Waals surface area contributed by atoms with Crippen molar-refractivity contribution in [2.24, 2.45) is 5.73 Å². The molecule has 0 aromatic carbocycles. The zero-order valence-corrected chi connectivity index (χ0v) is 7.39. The predicted molar refractivity (Wildman–Crippen MR) is 43.2 cm³/mol. The summed E-state index contributed by atoms with van der Waals surface area (Å²) in [7, 11) is 1.63. The van der Waals surface area contributed by atoms with Gasteiger partial charge in [-0.15, -0.1) is 10.2 Å². The van der Waals surface area contributed by atoms with E-state index in [1.54, 1.807) is 7.11 Å². The van der Waals surface area contributed by atoms with Gasteiger partial charge < -0.3 is 10.5 Å². The lowest BCUT2D eigenvalue weighted by Crippen LogP contribution is -2.03. The molecular weight excluding hydrogens is 162 g/mol. The summed E-state index contributed by atoms with van der Waals surface area (Å²) in [5.74, 6) is 0. The van der Waals surface area contributed by atoms with E-state index in [1.807, 2.05) is 6.92 Å². The van der Waals surface area contributed by atoms with Gasteiger partial charge in [-0.05, 0) is 6.92 Å². The monoisotopic (exact) mass is 173 g/mol. The fourth-order valence-corrected chi connectivity index (χ4v) is 1.40. The van der Waals surface area contributed by atoms with Crippen LogP contribution in [0.1, 0.15) is 23.0 Å². The lowest BCUT2D eigenvalue weighted by molar-refractivity contribution is 0.184. The van der Waals surface area contributed by atoms with Gasteiger partial charge in [-0.2, -0.15) is 0 Å². The maximum Gasteiger partial charge on any atom is 0.143 e. The van der Waals surface area contributed by atoms with Crippen LogP contribution in [0.5, 0.6) is 0 Å². The summed E-state index contributed by atoms with van der Waals surface area (Å²) in [6, 6.07) is -0.0295. The van der Waals surface area contributed by atoms with E-state index in [9.17, 15) is 0 Å². The summed E-state index contributed by atoms with van der Waals surface area (Å²) in [5.41, 5.74) is 5.59. The van der Waals surface area contributed by atoms with Crippen LogP contribution in [0.15, 0.2) is 0 Å². The van der Waals surface area contributed by atoms with Gasteiger partial charge in [0, 0.05) is 7.11 Å². The third kappa shape index (κ3) is 2.21.